The Morgan fingerprint density at radius 1 is 1.29 bits per heavy atom. The largest absolute Gasteiger partial charge is 0.307 e. The van der Waals surface area contributed by atoms with Crippen LogP contribution in [-0.4, -0.2) is 18.4 Å². The molecule has 0 aromatic heterocycles. The second-order valence-electron chi connectivity index (χ2n) is 4.36. The van der Waals surface area contributed by atoms with Crippen LogP contribution in [0.5, 0.6) is 0 Å². The molecule has 1 aliphatic carbocycles. The Labute approximate surface area is 87.5 Å². The maximum Gasteiger partial charge on any atom is 0.146 e. The molecule has 1 rings (SSSR count). The number of rotatable bonds is 7. The van der Waals surface area contributed by atoms with Crippen LogP contribution in [-0.2, 0) is 4.79 Å². The van der Waals surface area contributed by atoms with Gasteiger partial charge in [-0.15, -0.1) is 0 Å². The van der Waals surface area contributed by atoms with Gasteiger partial charge in [0.15, 0.2) is 0 Å². The third-order valence-electron chi connectivity index (χ3n) is 3.00. The van der Waals surface area contributed by atoms with Crippen LogP contribution in [0, 0.1) is 0 Å². The molecular weight excluding hydrogens is 174 g/mol. The van der Waals surface area contributed by atoms with E-state index in [1.54, 1.807) is 0 Å². The molecule has 1 N–H and O–H groups in total. The molecule has 1 saturated carbocycles. The number of nitrogens with one attached hydrogen (secondary N) is 1. The minimum absolute atomic E-state index is 0.394. The van der Waals surface area contributed by atoms with E-state index < -0.39 is 0 Å². The third-order valence-corrected chi connectivity index (χ3v) is 3.00. The Morgan fingerprint density at radius 2 is 2.00 bits per heavy atom. The van der Waals surface area contributed by atoms with Gasteiger partial charge in [-0.2, -0.15) is 0 Å². The first kappa shape index (κ1) is 11.7. The molecule has 0 aromatic rings. The minimum Gasteiger partial charge on any atom is -0.307 e. The van der Waals surface area contributed by atoms with Crippen molar-refractivity contribution in [2.24, 2.45) is 0 Å². The first-order chi connectivity index (χ1) is 6.83. The lowest BCUT2D eigenvalue weighted by molar-refractivity contribution is -0.118. The van der Waals surface area contributed by atoms with Crippen molar-refractivity contribution in [1.82, 2.24) is 5.32 Å². The van der Waals surface area contributed by atoms with E-state index in [0.29, 0.717) is 18.4 Å². The average molecular weight is 197 g/mol. The monoisotopic (exact) mass is 197 g/mol. The highest BCUT2D eigenvalue weighted by Gasteiger charge is 2.14. The smallest absolute Gasteiger partial charge is 0.146 e. The van der Waals surface area contributed by atoms with Crippen LogP contribution >= 0.6 is 0 Å². The minimum atomic E-state index is 0.394. The van der Waals surface area contributed by atoms with Gasteiger partial charge in [0.05, 0.1) is 6.54 Å². The van der Waals surface area contributed by atoms with Crippen molar-refractivity contribution in [3.8, 4) is 0 Å². The van der Waals surface area contributed by atoms with Crippen LogP contribution in [0.2, 0.25) is 0 Å². The van der Waals surface area contributed by atoms with Gasteiger partial charge in [-0.3, -0.25) is 4.79 Å². The van der Waals surface area contributed by atoms with Crippen LogP contribution in [0.4, 0.5) is 0 Å². The zero-order valence-corrected chi connectivity index (χ0v) is 9.35. The summed E-state index contributed by atoms with van der Waals surface area (Å²) in [6.07, 6.45) is 9.43. The fourth-order valence-electron chi connectivity index (χ4n) is 2.05. The van der Waals surface area contributed by atoms with E-state index in [9.17, 15) is 4.79 Å². The molecule has 1 aliphatic rings. The predicted molar refractivity (Wildman–Crippen MR) is 59.4 cm³/mol. The summed E-state index contributed by atoms with van der Waals surface area (Å²) < 4.78 is 0. The summed E-state index contributed by atoms with van der Waals surface area (Å²) in [5, 5.41) is 3.36. The van der Waals surface area contributed by atoms with Crippen LogP contribution in [0.25, 0.3) is 0 Å². The highest BCUT2D eigenvalue weighted by atomic mass is 16.1. The first-order valence-electron chi connectivity index (χ1n) is 6.08. The molecule has 0 atom stereocenters. The fourth-order valence-corrected chi connectivity index (χ4v) is 2.05. The molecule has 14 heavy (non-hydrogen) atoms. The van der Waals surface area contributed by atoms with Crippen molar-refractivity contribution in [2.75, 3.05) is 6.54 Å². The molecule has 0 amide bonds. The number of carbonyl (C=O) groups excluding carboxylic acids is 1. The summed E-state index contributed by atoms with van der Waals surface area (Å²) in [6, 6.07) is 0.630. The fraction of sp³-hybridized carbons (Fsp3) is 0.917. The van der Waals surface area contributed by atoms with Crippen molar-refractivity contribution in [3.63, 3.8) is 0 Å². The Balaban J connectivity index is 1.96. The molecule has 0 radical (unpaired) electrons. The number of Topliss-reactive ketones (excluding diaryl/α,β-unsaturated/α-hetero) is 1. The summed E-state index contributed by atoms with van der Waals surface area (Å²) >= 11 is 0. The van der Waals surface area contributed by atoms with Gasteiger partial charge >= 0.3 is 0 Å². The molecule has 0 unspecified atom stereocenters. The van der Waals surface area contributed by atoms with Gasteiger partial charge in [-0.25, -0.2) is 0 Å². The first-order valence-corrected chi connectivity index (χ1v) is 6.08. The number of hydrogen-bond donors (Lipinski definition) is 1. The van der Waals surface area contributed by atoms with Crippen LogP contribution in [0.15, 0.2) is 0 Å². The maximum atomic E-state index is 11.4. The Bertz CT molecular complexity index is 162. The van der Waals surface area contributed by atoms with Gasteiger partial charge in [0.2, 0.25) is 0 Å². The second-order valence-corrected chi connectivity index (χ2v) is 4.36. The topological polar surface area (TPSA) is 29.1 Å². The van der Waals surface area contributed by atoms with Gasteiger partial charge in [-0.05, 0) is 19.3 Å². The van der Waals surface area contributed by atoms with Gasteiger partial charge in [0, 0.05) is 12.5 Å². The van der Waals surface area contributed by atoms with Crippen LogP contribution in [0.3, 0.4) is 0 Å². The van der Waals surface area contributed by atoms with Gasteiger partial charge in [0.1, 0.15) is 5.78 Å². The number of hydrogen-bond acceptors (Lipinski definition) is 2. The molecule has 0 bridgehead atoms. The Kier molecular flexibility index (Phi) is 5.85. The van der Waals surface area contributed by atoms with E-state index in [0.717, 1.165) is 12.8 Å². The van der Waals surface area contributed by atoms with Crippen molar-refractivity contribution < 1.29 is 4.79 Å². The van der Waals surface area contributed by atoms with E-state index >= 15 is 0 Å². The molecule has 0 spiro atoms. The highest BCUT2D eigenvalue weighted by Crippen LogP contribution is 2.17. The van der Waals surface area contributed by atoms with Gasteiger partial charge in [-0.1, -0.05) is 32.6 Å². The standard InChI is InChI=1S/C12H23NO/c1-2-3-4-9-12(14)10-13-11-7-5-6-8-11/h11,13H,2-10H2,1H3. The summed E-state index contributed by atoms with van der Waals surface area (Å²) in [5.41, 5.74) is 0. The van der Waals surface area contributed by atoms with Crippen molar-refractivity contribution in [1.29, 1.82) is 0 Å². The molecule has 2 nitrogen and oxygen atoms in total. The maximum absolute atomic E-state index is 11.4. The van der Waals surface area contributed by atoms with Gasteiger partial charge < -0.3 is 5.32 Å². The number of unbranched alkanes of at least 4 members (excludes halogenated alkanes) is 2. The van der Waals surface area contributed by atoms with E-state index in [2.05, 4.69) is 12.2 Å². The molecular formula is C12H23NO. The van der Waals surface area contributed by atoms with E-state index in [1.165, 1.54) is 38.5 Å². The van der Waals surface area contributed by atoms with E-state index in [1.807, 2.05) is 0 Å². The summed E-state index contributed by atoms with van der Waals surface area (Å²) in [5.74, 6) is 0.394. The second kappa shape index (κ2) is 6.99. The third kappa shape index (κ3) is 4.75. The molecule has 0 aromatic carbocycles. The lowest BCUT2D eigenvalue weighted by atomic mass is 10.1. The molecule has 1 fully saturated rings. The summed E-state index contributed by atoms with van der Waals surface area (Å²) in [7, 11) is 0. The van der Waals surface area contributed by atoms with E-state index in [-0.39, 0.29) is 0 Å². The predicted octanol–water partition coefficient (Wildman–Crippen LogP) is 2.67. The highest BCUT2D eigenvalue weighted by molar-refractivity contribution is 5.80. The number of ketones is 1. The SMILES string of the molecule is CCCCCC(=O)CNC1CCCC1. The normalized spacial score (nSPS) is 17.5. The zero-order valence-electron chi connectivity index (χ0n) is 9.35. The average Bonchev–Trinajstić information content (AvgIpc) is 2.68. The van der Waals surface area contributed by atoms with Crippen molar-refractivity contribution in [2.45, 2.75) is 64.3 Å². The van der Waals surface area contributed by atoms with Gasteiger partial charge in [0.25, 0.3) is 0 Å². The molecule has 0 aliphatic heterocycles. The van der Waals surface area contributed by atoms with Crippen LogP contribution in [0.1, 0.15) is 58.3 Å². The number of carbonyl (C=O) groups is 1. The molecule has 0 saturated heterocycles. The Morgan fingerprint density at radius 3 is 2.64 bits per heavy atom. The van der Waals surface area contributed by atoms with Crippen molar-refractivity contribution >= 4 is 5.78 Å². The van der Waals surface area contributed by atoms with E-state index in [4.69, 9.17) is 0 Å². The quantitative estimate of drug-likeness (QED) is 0.636. The Hall–Kier alpha value is -0.370. The lowest BCUT2D eigenvalue weighted by Crippen LogP contribution is -2.31. The molecule has 2 heteroatoms. The molecule has 0 heterocycles. The van der Waals surface area contributed by atoms with Crippen LogP contribution < -0.4 is 5.32 Å². The zero-order chi connectivity index (χ0) is 10.2. The lowest BCUT2D eigenvalue weighted by Gasteiger charge is -2.10. The summed E-state index contributed by atoms with van der Waals surface area (Å²) in [6.45, 7) is 2.77. The summed E-state index contributed by atoms with van der Waals surface area (Å²) in [4.78, 5) is 11.4. The van der Waals surface area contributed by atoms with Crippen molar-refractivity contribution in [3.05, 3.63) is 0 Å². The molecule has 82 valence electrons.